The first-order valence-corrected chi connectivity index (χ1v) is 16.4. The van der Waals surface area contributed by atoms with E-state index in [9.17, 15) is 32.0 Å². The van der Waals surface area contributed by atoms with E-state index in [0.29, 0.717) is 22.3 Å². The zero-order valence-electron chi connectivity index (χ0n) is 40.2. The minimum absolute atomic E-state index is 0.0222. The quantitative estimate of drug-likeness (QED) is 0.0949. The normalized spacial score (nSPS) is 22.9. The largest absolute Gasteiger partial charge is 0.416 e. The number of para-hydroxylation sites is 1. The van der Waals surface area contributed by atoms with Gasteiger partial charge in [0.25, 0.3) is 0 Å². The molecule has 2 heterocycles. The van der Waals surface area contributed by atoms with Crippen LogP contribution in [0.25, 0.3) is 22.0 Å². The molecule has 1 amide bonds. The summed E-state index contributed by atoms with van der Waals surface area (Å²) < 4.78 is 193. The van der Waals surface area contributed by atoms with Crippen LogP contribution in [0.2, 0.25) is 0 Å². The van der Waals surface area contributed by atoms with Crippen LogP contribution in [0.4, 0.5) is 22.0 Å². The van der Waals surface area contributed by atoms with Gasteiger partial charge in [0.2, 0.25) is 5.91 Å². The highest BCUT2D eigenvalue weighted by atomic mass is 32.2. The van der Waals surface area contributed by atoms with Crippen molar-refractivity contribution in [2.45, 2.75) is 48.7 Å². The van der Waals surface area contributed by atoms with E-state index in [-0.39, 0.29) is 38.1 Å². The monoisotopic (exact) mass is 748 g/mol. The lowest BCUT2D eigenvalue weighted by Gasteiger charge is -2.39. The molecule has 6 nitrogen and oxygen atoms in total. The lowest BCUT2D eigenvalue weighted by molar-refractivity contribution is -0.137. The van der Waals surface area contributed by atoms with E-state index < -0.39 is 114 Å². The van der Waals surface area contributed by atoms with Crippen molar-refractivity contribution in [2.75, 3.05) is 33.3 Å². The molecule has 12 heteroatoms. The van der Waals surface area contributed by atoms with Crippen molar-refractivity contribution in [1.82, 2.24) is 14.4 Å². The highest BCUT2D eigenvalue weighted by Gasteiger charge is 2.31. The maximum absolute atomic E-state index is 15.4. The number of carbonyl (C=O) groups is 1. The standard InChI is InChI=1S/C40H38F5N3O3S/c1-51-22-21-46-19-17-32(18-20-46)47(24-27-9-11-28(12-10-27)29-13-15-31(16-14-29)40(43,44)45)37(50)25-48-35-8-3-2-6-33(35)36(49)23-38(48)52-26-30-5-4-7-34(41)39(30)42/h2-16,23,32H,17-22,24-26H2,1H3/i17D2,18D2,19D2,20D2,25D2,26D2,32D. The number of benzene rings is 4. The predicted molar refractivity (Wildman–Crippen MR) is 193 cm³/mol. The second-order valence-electron chi connectivity index (χ2n) is 11.2. The number of carbonyl (C=O) groups excluding carboxylic acids is 1. The van der Waals surface area contributed by atoms with Crippen LogP contribution in [-0.2, 0) is 34.5 Å². The van der Waals surface area contributed by atoms with Crippen LogP contribution in [0, 0.1) is 11.6 Å². The third-order valence-corrected chi connectivity index (χ3v) is 8.63. The minimum atomic E-state index is -4.64. The molecular weight excluding hydrogens is 698 g/mol. The average Bonchev–Trinajstić information content (AvgIpc) is 3.22. The van der Waals surface area contributed by atoms with Crippen molar-refractivity contribution in [3.05, 3.63) is 136 Å². The second kappa shape index (κ2) is 16.4. The number of rotatable bonds is 12. The molecule has 1 saturated heterocycles. The number of ether oxygens (including phenoxy) is 1. The molecule has 5 aromatic rings. The van der Waals surface area contributed by atoms with Crippen molar-refractivity contribution in [3.63, 3.8) is 0 Å². The SMILES string of the molecule is [2H]C([2H])(Sc1cc(=O)c2ccccc2n1C([2H])([2H])C(=O)N(Cc1ccc(-c2ccc(C(F)(F)F)cc2)cc1)C1([2H])C([2H])([2H])C([2H])([2H])N(CCOC)C([2H])([2H])C1([2H])[2H])c1cccc(F)c1F. The Morgan fingerprint density at radius 2 is 1.65 bits per heavy atom. The molecule has 4 aromatic carbocycles. The van der Waals surface area contributed by atoms with E-state index in [1.54, 1.807) is 0 Å². The summed E-state index contributed by atoms with van der Waals surface area (Å²) in [7, 11) is 1.16. The number of alkyl halides is 3. The highest BCUT2D eigenvalue weighted by molar-refractivity contribution is 7.98. The molecule has 0 unspecified atom stereocenters. The molecule has 1 fully saturated rings. The molecule has 0 atom stereocenters. The number of amides is 1. The highest BCUT2D eigenvalue weighted by Crippen LogP contribution is 2.32. The number of nitrogens with zero attached hydrogens (tertiary/aromatic N) is 3. The van der Waals surface area contributed by atoms with Crippen LogP contribution >= 0.6 is 11.8 Å². The first-order valence-electron chi connectivity index (χ1n) is 22.1. The van der Waals surface area contributed by atoms with Crippen LogP contribution in [0.5, 0.6) is 0 Å². The Morgan fingerprint density at radius 3 is 2.33 bits per heavy atom. The molecule has 0 spiro atoms. The van der Waals surface area contributed by atoms with Gasteiger partial charge in [-0.1, -0.05) is 60.7 Å². The average molecular weight is 749 g/mol. The van der Waals surface area contributed by atoms with Gasteiger partial charge in [-0.25, -0.2) is 8.78 Å². The summed E-state index contributed by atoms with van der Waals surface area (Å²) >= 11 is -0.0363. The van der Waals surface area contributed by atoms with Gasteiger partial charge in [0.05, 0.1) is 26.8 Å². The van der Waals surface area contributed by atoms with Crippen LogP contribution in [0.3, 0.4) is 0 Å². The van der Waals surface area contributed by atoms with Gasteiger partial charge in [0, 0.05) is 75.6 Å². The summed E-state index contributed by atoms with van der Waals surface area (Å²) in [5.41, 5.74) is -5.69. The Hall–Kier alpha value is -4.52. The number of likely N-dealkylation sites (tertiary alicyclic amines) is 1. The molecule has 52 heavy (non-hydrogen) atoms. The van der Waals surface area contributed by atoms with Gasteiger partial charge >= 0.3 is 6.18 Å². The molecule has 1 aliphatic rings. The summed E-state index contributed by atoms with van der Waals surface area (Å²) in [5, 5.41) is -1.02. The van der Waals surface area contributed by atoms with Gasteiger partial charge in [-0.05, 0) is 59.8 Å². The third-order valence-electron chi connectivity index (χ3n) is 7.80. The summed E-state index contributed by atoms with van der Waals surface area (Å²) in [6, 6.07) is 13.3. The number of hydrogen-bond donors (Lipinski definition) is 0. The summed E-state index contributed by atoms with van der Waals surface area (Å²) in [4.78, 5) is 29.0. The maximum Gasteiger partial charge on any atom is 0.416 e. The molecule has 1 aliphatic heterocycles. The van der Waals surface area contributed by atoms with Crippen LogP contribution in [-0.4, -0.2) is 59.5 Å². The minimum Gasteiger partial charge on any atom is -0.383 e. The van der Waals surface area contributed by atoms with Crippen LogP contribution < -0.4 is 5.43 Å². The van der Waals surface area contributed by atoms with Gasteiger partial charge in [0.1, 0.15) is 6.50 Å². The van der Waals surface area contributed by atoms with Crippen LogP contribution in [0.15, 0.2) is 107 Å². The maximum atomic E-state index is 15.4. The number of halogens is 5. The molecule has 0 saturated carbocycles. The fourth-order valence-corrected chi connectivity index (χ4v) is 5.88. The van der Waals surface area contributed by atoms with Crippen LogP contribution in [0.1, 0.15) is 47.3 Å². The number of hydrogen-bond acceptors (Lipinski definition) is 5. The lowest BCUT2D eigenvalue weighted by Crippen LogP contribution is -2.48. The number of piperidine rings is 1. The molecule has 6 rings (SSSR count). The van der Waals surface area contributed by atoms with E-state index in [1.165, 1.54) is 54.6 Å². The Balaban J connectivity index is 1.58. The van der Waals surface area contributed by atoms with Gasteiger partial charge in [0.15, 0.2) is 17.1 Å². The number of aromatic nitrogens is 1. The number of thioether (sulfide) groups is 1. The van der Waals surface area contributed by atoms with Crippen molar-refractivity contribution < 1.29 is 49.3 Å². The van der Waals surface area contributed by atoms with Crippen molar-refractivity contribution in [1.29, 1.82) is 0 Å². The Bertz CT molecular complexity index is 2640. The second-order valence-corrected chi connectivity index (χ2v) is 12.1. The van der Waals surface area contributed by atoms with E-state index in [2.05, 4.69) is 0 Å². The van der Waals surface area contributed by atoms with Gasteiger partial charge < -0.3 is 19.1 Å². The van der Waals surface area contributed by atoms with Crippen molar-refractivity contribution in [2.24, 2.45) is 0 Å². The Morgan fingerprint density at radius 1 is 0.981 bits per heavy atom. The zero-order valence-corrected chi connectivity index (χ0v) is 28.0. The summed E-state index contributed by atoms with van der Waals surface area (Å²) in [5.74, 6) is -5.11. The fourth-order valence-electron chi connectivity index (χ4n) is 5.11. The van der Waals surface area contributed by atoms with Gasteiger partial charge in [-0.3, -0.25) is 9.59 Å². The van der Waals surface area contributed by atoms with Crippen molar-refractivity contribution in [3.8, 4) is 11.1 Å². The van der Waals surface area contributed by atoms with Gasteiger partial charge in [-0.2, -0.15) is 13.2 Å². The number of pyridine rings is 1. The molecule has 0 bridgehead atoms. The summed E-state index contributed by atoms with van der Waals surface area (Å²) in [6.07, 6.45) is -12.6. The topological polar surface area (TPSA) is 54.8 Å². The first-order chi connectivity index (χ1) is 29.9. The Kier molecular flexibility index (Phi) is 7.56. The lowest BCUT2D eigenvalue weighted by atomic mass is 10.00. The molecule has 0 aliphatic carbocycles. The van der Waals surface area contributed by atoms with E-state index >= 15 is 9.18 Å². The molecule has 1 aromatic heterocycles. The molecular formula is C40H38F5N3O3S. The predicted octanol–water partition coefficient (Wildman–Crippen LogP) is 8.40. The number of methoxy groups -OCH3 is 1. The zero-order chi connectivity index (χ0) is 48.5. The van der Waals surface area contributed by atoms with E-state index in [1.807, 2.05) is 0 Å². The van der Waals surface area contributed by atoms with Crippen molar-refractivity contribution >= 4 is 28.6 Å². The fraction of sp³-hybridized carbons (Fsp3) is 0.300. The van der Waals surface area contributed by atoms with Gasteiger partial charge in [-0.15, -0.1) is 11.8 Å². The molecule has 272 valence electrons. The number of fused-ring (bicyclic) bond motifs is 1. The first kappa shape index (κ1) is 23.9. The van der Waals surface area contributed by atoms with E-state index in [0.717, 1.165) is 37.4 Å². The summed E-state index contributed by atoms with van der Waals surface area (Å²) in [6.45, 7) is -13.5. The molecule has 0 radical (unpaired) electrons. The smallest absolute Gasteiger partial charge is 0.383 e. The Labute approximate surface area is 321 Å². The molecule has 0 N–H and O–H groups in total. The van der Waals surface area contributed by atoms with E-state index in [4.69, 9.17) is 13.0 Å². The third kappa shape index (κ3) is 8.74.